The number of benzene rings is 1. The van der Waals surface area contributed by atoms with Crippen molar-refractivity contribution >= 4 is 27.3 Å². The van der Waals surface area contributed by atoms with Gasteiger partial charge in [0.15, 0.2) is 0 Å². The highest BCUT2D eigenvalue weighted by molar-refractivity contribution is 9.11. The van der Waals surface area contributed by atoms with E-state index in [9.17, 15) is 0 Å². The predicted octanol–water partition coefficient (Wildman–Crippen LogP) is 3.83. The van der Waals surface area contributed by atoms with Gasteiger partial charge in [-0.2, -0.15) is 0 Å². The molecule has 1 N–H and O–H groups in total. The van der Waals surface area contributed by atoms with E-state index in [2.05, 4.69) is 39.4 Å². The Bertz CT molecular complexity index is 530. The molecule has 0 amide bonds. The van der Waals surface area contributed by atoms with Crippen LogP contribution in [-0.2, 0) is 17.9 Å². The molecule has 0 saturated carbocycles. The second kappa shape index (κ2) is 8.42. The van der Waals surface area contributed by atoms with Crippen LogP contribution in [0.3, 0.4) is 0 Å². The smallest absolute Gasteiger partial charge is 0.122 e. The lowest BCUT2D eigenvalue weighted by Gasteiger charge is -2.08. The SMILES string of the molecule is COCCNCc1cccc(OCc2ccc(Br)s2)c1. The highest BCUT2D eigenvalue weighted by atomic mass is 79.9. The summed E-state index contributed by atoms with van der Waals surface area (Å²) < 4.78 is 11.9. The third-order valence-corrected chi connectivity index (χ3v) is 4.32. The minimum atomic E-state index is 0.608. The lowest BCUT2D eigenvalue weighted by molar-refractivity contribution is 0.199. The Morgan fingerprint density at radius 3 is 2.90 bits per heavy atom. The Morgan fingerprint density at radius 2 is 2.15 bits per heavy atom. The van der Waals surface area contributed by atoms with Crippen molar-refractivity contribution in [3.05, 3.63) is 50.6 Å². The van der Waals surface area contributed by atoms with Crippen molar-refractivity contribution in [2.24, 2.45) is 0 Å². The van der Waals surface area contributed by atoms with Crippen LogP contribution in [0.25, 0.3) is 0 Å². The summed E-state index contributed by atoms with van der Waals surface area (Å²) in [6, 6.07) is 12.3. The number of nitrogens with one attached hydrogen (secondary N) is 1. The Kier molecular flexibility index (Phi) is 6.53. The van der Waals surface area contributed by atoms with Gasteiger partial charge in [-0.3, -0.25) is 0 Å². The second-order valence-electron chi connectivity index (χ2n) is 4.31. The van der Waals surface area contributed by atoms with Crippen LogP contribution in [0, 0.1) is 0 Å². The van der Waals surface area contributed by atoms with Crippen LogP contribution in [-0.4, -0.2) is 20.3 Å². The van der Waals surface area contributed by atoms with Gasteiger partial charge in [-0.1, -0.05) is 12.1 Å². The molecule has 0 aliphatic heterocycles. The molecule has 1 heterocycles. The lowest BCUT2D eigenvalue weighted by atomic mass is 10.2. The number of halogens is 1. The molecule has 0 aliphatic rings. The Labute approximate surface area is 132 Å². The molecule has 0 spiro atoms. The maximum Gasteiger partial charge on any atom is 0.122 e. The van der Waals surface area contributed by atoms with E-state index in [1.54, 1.807) is 18.4 Å². The monoisotopic (exact) mass is 355 g/mol. The lowest BCUT2D eigenvalue weighted by Crippen LogP contribution is -2.18. The van der Waals surface area contributed by atoms with Crippen LogP contribution in [0.4, 0.5) is 0 Å². The average molecular weight is 356 g/mol. The summed E-state index contributed by atoms with van der Waals surface area (Å²) in [5.41, 5.74) is 1.21. The molecule has 0 radical (unpaired) electrons. The molecular formula is C15H18BrNO2S. The third-order valence-electron chi connectivity index (χ3n) is 2.72. The zero-order valence-electron chi connectivity index (χ0n) is 11.4. The molecule has 0 unspecified atom stereocenters. The molecule has 20 heavy (non-hydrogen) atoms. The van der Waals surface area contributed by atoms with Gasteiger partial charge in [0.05, 0.1) is 10.4 Å². The first-order valence-electron chi connectivity index (χ1n) is 6.43. The second-order valence-corrected chi connectivity index (χ2v) is 6.86. The molecule has 1 aromatic heterocycles. The van der Waals surface area contributed by atoms with Gasteiger partial charge in [-0.15, -0.1) is 11.3 Å². The summed E-state index contributed by atoms with van der Waals surface area (Å²) in [6.07, 6.45) is 0. The van der Waals surface area contributed by atoms with E-state index >= 15 is 0 Å². The zero-order valence-corrected chi connectivity index (χ0v) is 13.8. The molecule has 108 valence electrons. The van der Waals surface area contributed by atoms with Crippen LogP contribution in [0.15, 0.2) is 40.2 Å². The maximum absolute atomic E-state index is 5.81. The Hall–Kier alpha value is -0.880. The number of methoxy groups -OCH3 is 1. The van der Waals surface area contributed by atoms with Crippen molar-refractivity contribution in [1.29, 1.82) is 0 Å². The molecule has 1 aromatic carbocycles. The van der Waals surface area contributed by atoms with Gasteiger partial charge in [0, 0.05) is 25.1 Å². The minimum absolute atomic E-state index is 0.608. The molecule has 0 atom stereocenters. The molecule has 0 saturated heterocycles. The average Bonchev–Trinajstić information content (AvgIpc) is 2.88. The van der Waals surface area contributed by atoms with E-state index in [4.69, 9.17) is 9.47 Å². The first kappa shape index (κ1) is 15.5. The van der Waals surface area contributed by atoms with Gasteiger partial charge in [0.2, 0.25) is 0 Å². The van der Waals surface area contributed by atoms with Crippen LogP contribution < -0.4 is 10.1 Å². The number of hydrogen-bond donors (Lipinski definition) is 1. The summed E-state index contributed by atoms with van der Waals surface area (Å²) >= 11 is 5.15. The number of rotatable bonds is 8. The summed E-state index contributed by atoms with van der Waals surface area (Å²) in [4.78, 5) is 1.21. The molecule has 0 aliphatic carbocycles. The van der Waals surface area contributed by atoms with E-state index in [-0.39, 0.29) is 0 Å². The Morgan fingerprint density at radius 1 is 1.25 bits per heavy atom. The van der Waals surface area contributed by atoms with Crippen molar-refractivity contribution in [2.75, 3.05) is 20.3 Å². The highest BCUT2D eigenvalue weighted by Crippen LogP contribution is 2.23. The topological polar surface area (TPSA) is 30.5 Å². The van der Waals surface area contributed by atoms with Gasteiger partial charge in [-0.25, -0.2) is 0 Å². The first-order valence-corrected chi connectivity index (χ1v) is 8.04. The van der Waals surface area contributed by atoms with Gasteiger partial charge in [-0.05, 0) is 45.8 Å². The molecule has 5 heteroatoms. The fraction of sp³-hybridized carbons (Fsp3) is 0.333. The Balaban J connectivity index is 1.82. The van der Waals surface area contributed by atoms with Crippen LogP contribution in [0.2, 0.25) is 0 Å². The number of hydrogen-bond acceptors (Lipinski definition) is 4. The summed E-state index contributed by atoms with van der Waals surface area (Å²) in [6.45, 7) is 3.01. The van der Waals surface area contributed by atoms with E-state index in [0.29, 0.717) is 6.61 Å². The van der Waals surface area contributed by atoms with Crippen LogP contribution in [0.5, 0.6) is 5.75 Å². The first-order chi connectivity index (χ1) is 9.78. The van der Waals surface area contributed by atoms with Crippen LogP contribution in [0.1, 0.15) is 10.4 Å². The molecule has 0 fully saturated rings. The largest absolute Gasteiger partial charge is 0.488 e. The third kappa shape index (κ3) is 5.25. The van der Waals surface area contributed by atoms with Gasteiger partial charge in [0.25, 0.3) is 0 Å². The van der Waals surface area contributed by atoms with E-state index in [0.717, 1.165) is 29.2 Å². The maximum atomic E-state index is 5.81. The fourth-order valence-corrected chi connectivity index (χ4v) is 3.13. The zero-order chi connectivity index (χ0) is 14.2. The fourth-order valence-electron chi connectivity index (χ4n) is 1.74. The normalized spacial score (nSPS) is 10.7. The molecule has 0 bridgehead atoms. The van der Waals surface area contributed by atoms with Crippen molar-refractivity contribution in [3.8, 4) is 5.75 Å². The van der Waals surface area contributed by atoms with Crippen molar-refractivity contribution in [2.45, 2.75) is 13.2 Å². The summed E-state index contributed by atoms with van der Waals surface area (Å²) in [5, 5.41) is 3.32. The van der Waals surface area contributed by atoms with Gasteiger partial charge in [0.1, 0.15) is 12.4 Å². The minimum Gasteiger partial charge on any atom is -0.488 e. The van der Waals surface area contributed by atoms with Crippen molar-refractivity contribution in [3.63, 3.8) is 0 Å². The number of ether oxygens (including phenoxy) is 2. The van der Waals surface area contributed by atoms with E-state index in [1.165, 1.54) is 10.4 Å². The van der Waals surface area contributed by atoms with Crippen LogP contribution >= 0.6 is 27.3 Å². The van der Waals surface area contributed by atoms with Gasteiger partial charge < -0.3 is 14.8 Å². The van der Waals surface area contributed by atoms with Gasteiger partial charge >= 0.3 is 0 Å². The molecule has 2 aromatic rings. The standard InChI is InChI=1S/C15H18BrNO2S/c1-18-8-7-17-10-12-3-2-4-13(9-12)19-11-14-5-6-15(16)20-14/h2-6,9,17H,7-8,10-11H2,1H3. The highest BCUT2D eigenvalue weighted by Gasteiger charge is 2.01. The summed E-state index contributed by atoms with van der Waals surface area (Å²) in [7, 11) is 1.71. The van der Waals surface area contributed by atoms with Crippen molar-refractivity contribution in [1.82, 2.24) is 5.32 Å². The predicted molar refractivity (Wildman–Crippen MR) is 86.4 cm³/mol. The summed E-state index contributed by atoms with van der Waals surface area (Å²) in [5.74, 6) is 0.903. The molecule has 2 rings (SSSR count). The molecule has 3 nitrogen and oxygen atoms in total. The van der Waals surface area contributed by atoms with Crippen molar-refractivity contribution < 1.29 is 9.47 Å². The number of thiophene rings is 1. The van der Waals surface area contributed by atoms with E-state index in [1.807, 2.05) is 18.2 Å². The quantitative estimate of drug-likeness (QED) is 0.730. The van der Waals surface area contributed by atoms with E-state index < -0.39 is 0 Å². The molecular weight excluding hydrogens is 338 g/mol.